The van der Waals surface area contributed by atoms with Crippen molar-refractivity contribution in [1.29, 1.82) is 0 Å². The Morgan fingerprint density at radius 2 is 1.90 bits per heavy atom. The normalized spacial score (nSPS) is 13.3. The Kier molecular flexibility index (Phi) is 4.70. The molecule has 2 aromatic heterocycles. The molecule has 0 aliphatic heterocycles. The predicted octanol–water partition coefficient (Wildman–Crippen LogP) is 4.24. The average molecular weight is 412 g/mol. The molecule has 31 heavy (non-hydrogen) atoms. The molecule has 3 N–H and O–H groups in total. The van der Waals surface area contributed by atoms with Gasteiger partial charge >= 0.3 is 0 Å². The fraction of sp³-hybridized carbons (Fsp3) is 0.240. The summed E-state index contributed by atoms with van der Waals surface area (Å²) in [6.45, 7) is 2.02. The zero-order valence-electron chi connectivity index (χ0n) is 17.4. The second-order valence-corrected chi connectivity index (χ2v) is 8.16. The van der Waals surface area contributed by atoms with E-state index in [-0.39, 0.29) is 11.8 Å². The van der Waals surface area contributed by atoms with Crippen LogP contribution >= 0.6 is 0 Å². The number of rotatable bonds is 3. The molecule has 1 aliphatic carbocycles. The first-order valence-corrected chi connectivity index (χ1v) is 10.6. The Morgan fingerprint density at radius 1 is 1.06 bits per heavy atom. The van der Waals surface area contributed by atoms with Gasteiger partial charge in [-0.1, -0.05) is 6.07 Å². The summed E-state index contributed by atoms with van der Waals surface area (Å²) in [7, 11) is 0. The van der Waals surface area contributed by atoms with Gasteiger partial charge in [0.2, 0.25) is 5.91 Å². The molecule has 0 saturated carbocycles. The van der Waals surface area contributed by atoms with Gasteiger partial charge in [0.05, 0.1) is 11.0 Å². The summed E-state index contributed by atoms with van der Waals surface area (Å²) in [6, 6.07) is 15.2. The number of aryl methyl sites for hydroxylation is 1. The molecule has 4 aromatic rings. The number of carbonyl (C=O) groups excluding carboxylic acids is 2. The molecule has 0 atom stereocenters. The Balaban J connectivity index is 1.41. The van der Waals surface area contributed by atoms with E-state index < -0.39 is 0 Å². The SMILES string of the molecule is CC(=O)n1c2c(c3cc(C(=O)NCc4ccc5nc(N)ccc5c4)ccc31)CCCC2. The van der Waals surface area contributed by atoms with Crippen molar-refractivity contribution in [2.75, 3.05) is 5.73 Å². The van der Waals surface area contributed by atoms with Gasteiger partial charge in [-0.25, -0.2) is 4.98 Å². The molecule has 156 valence electrons. The van der Waals surface area contributed by atoms with Crippen molar-refractivity contribution in [2.45, 2.75) is 39.2 Å². The average Bonchev–Trinajstić information content (AvgIpc) is 3.11. The molecule has 0 fully saturated rings. The van der Waals surface area contributed by atoms with Crippen LogP contribution in [0.4, 0.5) is 5.82 Å². The highest BCUT2D eigenvalue weighted by atomic mass is 16.2. The standard InChI is InChI=1S/C25H24N4O2/c1-15(30)29-22-5-3-2-4-19(22)20-13-18(7-10-23(20)29)25(31)27-14-16-6-9-21-17(12-16)8-11-24(26)28-21/h6-13H,2-5,14H2,1H3,(H2,26,28)(H,27,31). The lowest BCUT2D eigenvalue weighted by atomic mass is 9.95. The number of pyridine rings is 1. The van der Waals surface area contributed by atoms with Crippen LogP contribution in [0.3, 0.4) is 0 Å². The Hall–Kier alpha value is -3.67. The van der Waals surface area contributed by atoms with E-state index in [4.69, 9.17) is 5.73 Å². The summed E-state index contributed by atoms with van der Waals surface area (Å²) in [6.07, 6.45) is 4.07. The Morgan fingerprint density at radius 3 is 2.74 bits per heavy atom. The third kappa shape index (κ3) is 3.44. The first-order chi connectivity index (χ1) is 15.0. The second-order valence-electron chi connectivity index (χ2n) is 8.16. The zero-order chi connectivity index (χ0) is 21.5. The van der Waals surface area contributed by atoms with Crippen LogP contribution in [-0.4, -0.2) is 21.4 Å². The van der Waals surface area contributed by atoms with Crippen LogP contribution in [0.15, 0.2) is 48.5 Å². The van der Waals surface area contributed by atoms with Gasteiger partial charge in [0.15, 0.2) is 0 Å². The summed E-state index contributed by atoms with van der Waals surface area (Å²) in [4.78, 5) is 29.4. The van der Waals surface area contributed by atoms with Crippen molar-refractivity contribution >= 4 is 39.4 Å². The van der Waals surface area contributed by atoms with E-state index in [1.54, 1.807) is 19.1 Å². The van der Waals surface area contributed by atoms with Gasteiger partial charge in [-0.15, -0.1) is 0 Å². The molecule has 0 spiro atoms. The van der Waals surface area contributed by atoms with E-state index >= 15 is 0 Å². The van der Waals surface area contributed by atoms with Crippen LogP contribution in [-0.2, 0) is 19.4 Å². The number of nitrogens with one attached hydrogen (secondary N) is 1. The van der Waals surface area contributed by atoms with E-state index in [1.165, 1.54) is 5.56 Å². The third-order valence-electron chi connectivity index (χ3n) is 6.08. The Labute approximate surface area is 180 Å². The van der Waals surface area contributed by atoms with Gasteiger partial charge in [-0.3, -0.25) is 14.2 Å². The molecule has 2 aromatic carbocycles. The van der Waals surface area contributed by atoms with Crippen molar-refractivity contribution in [2.24, 2.45) is 0 Å². The maximum absolute atomic E-state index is 12.9. The minimum Gasteiger partial charge on any atom is -0.384 e. The van der Waals surface area contributed by atoms with Crippen LogP contribution in [0.2, 0.25) is 0 Å². The van der Waals surface area contributed by atoms with Gasteiger partial charge in [-0.2, -0.15) is 0 Å². The summed E-state index contributed by atoms with van der Waals surface area (Å²) in [5, 5.41) is 5.01. The molecule has 1 aliphatic rings. The highest BCUT2D eigenvalue weighted by Gasteiger charge is 2.22. The number of nitrogen functional groups attached to an aromatic ring is 1. The number of hydrogen-bond acceptors (Lipinski definition) is 4. The number of anilines is 1. The number of nitrogens with two attached hydrogens (primary N) is 1. The molecule has 2 heterocycles. The molecular weight excluding hydrogens is 388 g/mol. The van der Waals surface area contributed by atoms with Gasteiger partial charge < -0.3 is 11.1 Å². The molecule has 0 radical (unpaired) electrons. The number of nitrogens with zero attached hydrogens (tertiary/aromatic N) is 2. The topological polar surface area (TPSA) is 90.0 Å². The summed E-state index contributed by atoms with van der Waals surface area (Å²) >= 11 is 0. The van der Waals surface area contributed by atoms with Crippen molar-refractivity contribution in [3.63, 3.8) is 0 Å². The van der Waals surface area contributed by atoms with Crippen LogP contribution in [0.5, 0.6) is 0 Å². The highest BCUT2D eigenvalue weighted by Crippen LogP contribution is 2.32. The number of benzene rings is 2. The number of fused-ring (bicyclic) bond motifs is 4. The summed E-state index contributed by atoms with van der Waals surface area (Å²) < 4.78 is 1.82. The molecule has 0 saturated heterocycles. The highest BCUT2D eigenvalue weighted by molar-refractivity contribution is 6.02. The number of aromatic nitrogens is 2. The number of carbonyl (C=O) groups is 2. The number of amides is 1. The lowest BCUT2D eigenvalue weighted by Gasteiger charge is -2.13. The zero-order valence-corrected chi connectivity index (χ0v) is 17.4. The van der Waals surface area contributed by atoms with E-state index in [1.807, 2.05) is 41.0 Å². The molecule has 5 rings (SSSR count). The first kappa shape index (κ1) is 19.3. The van der Waals surface area contributed by atoms with Crippen molar-refractivity contribution in [3.05, 3.63) is 70.9 Å². The van der Waals surface area contributed by atoms with Crippen molar-refractivity contribution < 1.29 is 9.59 Å². The van der Waals surface area contributed by atoms with Gasteiger partial charge in [0.1, 0.15) is 5.82 Å². The molecule has 6 nitrogen and oxygen atoms in total. The predicted molar refractivity (Wildman–Crippen MR) is 122 cm³/mol. The number of hydrogen-bond donors (Lipinski definition) is 2. The molecule has 0 bridgehead atoms. The Bertz CT molecular complexity index is 1350. The van der Waals surface area contributed by atoms with E-state index in [2.05, 4.69) is 10.3 Å². The molecule has 0 unspecified atom stereocenters. The smallest absolute Gasteiger partial charge is 0.251 e. The van der Waals surface area contributed by atoms with Crippen LogP contribution in [0.1, 0.15) is 51.7 Å². The van der Waals surface area contributed by atoms with E-state index in [0.717, 1.165) is 58.7 Å². The monoisotopic (exact) mass is 412 g/mol. The summed E-state index contributed by atoms with van der Waals surface area (Å²) in [5.41, 5.74) is 11.4. The largest absolute Gasteiger partial charge is 0.384 e. The van der Waals surface area contributed by atoms with Gasteiger partial charge in [0.25, 0.3) is 5.91 Å². The van der Waals surface area contributed by atoms with Gasteiger partial charge in [0, 0.05) is 35.5 Å². The first-order valence-electron chi connectivity index (χ1n) is 10.6. The maximum Gasteiger partial charge on any atom is 0.251 e. The lowest BCUT2D eigenvalue weighted by molar-refractivity contribution is 0.0934. The molecule has 1 amide bonds. The fourth-order valence-electron chi connectivity index (χ4n) is 4.63. The van der Waals surface area contributed by atoms with Crippen LogP contribution < -0.4 is 11.1 Å². The van der Waals surface area contributed by atoms with Crippen molar-refractivity contribution in [3.8, 4) is 0 Å². The second kappa shape index (κ2) is 7.54. The fourth-order valence-corrected chi connectivity index (χ4v) is 4.63. The lowest BCUT2D eigenvalue weighted by Crippen LogP contribution is -2.22. The molecule has 6 heteroatoms. The van der Waals surface area contributed by atoms with E-state index in [9.17, 15) is 9.59 Å². The third-order valence-corrected chi connectivity index (χ3v) is 6.08. The minimum absolute atomic E-state index is 0.0258. The quantitative estimate of drug-likeness (QED) is 0.527. The summed E-state index contributed by atoms with van der Waals surface area (Å²) in [5.74, 6) is 0.389. The van der Waals surface area contributed by atoms with Crippen LogP contribution in [0, 0.1) is 0 Å². The van der Waals surface area contributed by atoms with Gasteiger partial charge in [-0.05, 0) is 79.3 Å². The van der Waals surface area contributed by atoms with E-state index in [0.29, 0.717) is 17.9 Å². The van der Waals surface area contributed by atoms with Crippen LogP contribution in [0.25, 0.3) is 21.8 Å². The molecular formula is C25H24N4O2. The maximum atomic E-state index is 12.9. The van der Waals surface area contributed by atoms with Crippen molar-refractivity contribution in [1.82, 2.24) is 14.9 Å². The minimum atomic E-state index is -0.127.